The standard InChI is InChI=1S/C25H25N3O/c26-23(19-29)18-24-27-16-17-28(24)25(20-10-4-1-5-11-20,21-12-6-2-7-13-21)22-14-8-3-9-15-22/h1-17,23,29H,18-19,26H2. The molecule has 3 N–H and O–H groups in total. The smallest absolute Gasteiger partial charge is 0.121 e. The normalized spacial score (nSPS) is 12.6. The third kappa shape index (κ3) is 3.48. The summed E-state index contributed by atoms with van der Waals surface area (Å²) >= 11 is 0. The number of nitrogens with zero attached hydrogens (tertiary/aromatic N) is 2. The van der Waals surface area contributed by atoms with E-state index in [4.69, 9.17) is 5.73 Å². The Kier molecular flexibility index (Phi) is 5.56. The van der Waals surface area contributed by atoms with Crippen LogP contribution in [-0.4, -0.2) is 27.3 Å². The van der Waals surface area contributed by atoms with Crippen molar-refractivity contribution in [3.05, 3.63) is 126 Å². The van der Waals surface area contributed by atoms with Crippen LogP contribution in [0.2, 0.25) is 0 Å². The predicted molar refractivity (Wildman–Crippen MR) is 116 cm³/mol. The Labute approximate surface area is 171 Å². The molecule has 0 aliphatic heterocycles. The van der Waals surface area contributed by atoms with Gasteiger partial charge in [0.1, 0.15) is 11.4 Å². The fourth-order valence-electron chi connectivity index (χ4n) is 4.05. The summed E-state index contributed by atoms with van der Waals surface area (Å²) in [7, 11) is 0. The number of aromatic nitrogens is 2. The minimum absolute atomic E-state index is 0.0815. The van der Waals surface area contributed by atoms with Crippen LogP contribution in [0.4, 0.5) is 0 Å². The lowest BCUT2D eigenvalue weighted by Gasteiger charge is -2.38. The van der Waals surface area contributed by atoms with E-state index in [9.17, 15) is 5.11 Å². The molecule has 0 amide bonds. The molecule has 0 aliphatic rings. The third-order valence-corrected chi connectivity index (χ3v) is 5.33. The van der Waals surface area contributed by atoms with Gasteiger partial charge in [0.2, 0.25) is 0 Å². The van der Waals surface area contributed by atoms with Crippen molar-refractivity contribution in [2.75, 3.05) is 6.61 Å². The summed E-state index contributed by atoms with van der Waals surface area (Å²) < 4.78 is 2.20. The van der Waals surface area contributed by atoms with Gasteiger partial charge in [-0.2, -0.15) is 0 Å². The quantitative estimate of drug-likeness (QED) is 0.480. The van der Waals surface area contributed by atoms with Crippen molar-refractivity contribution < 1.29 is 5.11 Å². The zero-order valence-electron chi connectivity index (χ0n) is 16.2. The van der Waals surface area contributed by atoms with Gasteiger partial charge in [0.25, 0.3) is 0 Å². The highest BCUT2D eigenvalue weighted by atomic mass is 16.3. The lowest BCUT2D eigenvalue weighted by Crippen LogP contribution is -2.40. The summed E-state index contributed by atoms with van der Waals surface area (Å²) in [5.74, 6) is 0.836. The summed E-state index contributed by atoms with van der Waals surface area (Å²) in [5, 5.41) is 9.52. The van der Waals surface area contributed by atoms with Crippen molar-refractivity contribution >= 4 is 0 Å². The van der Waals surface area contributed by atoms with E-state index in [2.05, 4.69) is 82.3 Å². The highest BCUT2D eigenvalue weighted by Gasteiger charge is 2.39. The highest BCUT2D eigenvalue weighted by Crippen LogP contribution is 2.41. The summed E-state index contributed by atoms with van der Waals surface area (Å²) in [4.78, 5) is 4.62. The molecule has 4 heteroatoms. The Morgan fingerprint density at radius 1 is 0.793 bits per heavy atom. The van der Waals surface area contributed by atoms with Crippen molar-refractivity contribution in [3.63, 3.8) is 0 Å². The largest absolute Gasteiger partial charge is 0.395 e. The van der Waals surface area contributed by atoms with Gasteiger partial charge in [-0.05, 0) is 16.7 Å². The number of hydrogen-bond donors (Lipinski definition) is 2. The molecule has 1 atom stereocenters. The molecule has 1 aromatic heterocycles. The molecule has 0 bridgehead atoms. The Morgan fingerprint density at radius 3 is 1.66 bits per heavy atom. The first-order valence-electron chi connectivity index (χ1n) is 9.82. The van der Waals surface area contributed by atoms with Gasteiger partial charge in [0, 0.05) is 24.9 Å². The van der Waals surface area contributed by atoms with Gasteiger partial charge in [0.15, 0.2) is 0 Å². The van der Waals surface area contributed by atoms with Crippen LogP contribution in [-0.2, 0) is 12.0 Å². The fraction of sp³-hybridized carbons (Fsp3) is 0.160. The van der Waals surface area contributed by atoms with E-state index >= 15 is 0 Å². The number of hydrogen-bond acceptors (Lipinski definition) is 3. The first kappa shape index (κ1) is 19.1. The maximum atomic E-state index is 9.52. The molecule has 4 aromatic rings. The Bertz CT molecular complexity index is 933. The van der Waals surface area contributed by atoms with Crippen LogP contribution >= 0.6 is 0 Å². The van der Waals surface area contributed by atoms with Gasteiger partial charge in [-0.15, -0.1) is 0 Å². The Morgan fingerprint density at radius 2 is 1.24 bits per heavy atom. The van der Waals surface area contributed by atoms with E-state index < -0.39 is 5.54 Å². The molecule has 1 unspecified atom stereocenters. The molecule has 0 saturated heterocycles. The van der Waals surface area contributed by atoms with Crippen molar-refractivity contribution in [1.82, 2.24) is 9.55 Å². The predicted octanol–water partition coefficient (Wildman–Crippen LogP) is 3.59. The van der Waals surface area contributed by atoms with E-state index in [1.165, 1.54) is 0 Å². The van der Waals surface area contributed by atoms with Crippen LogP contribution in [0.25, 0.3) is 0 Å². The van der Waals surface area contributed by atoms with Crippen molar-refractivity contribution in [3.8, 4) is 0 Å². The lowest BCUT2D eigenvalue weighted by atomic mass is 9.76. The molecule has 0 spiro atoms. The molecule has 146 valence electrons. The van der Waals surface area contributed by atoms with Gasteiger partial charge in [-0.25, -0.2) is 4.98 Å². The van der Waals surface area contributed by atoms with Crippen molar-refractivity contribution in [1.29, 1.82) is 0 Å². The molecule has 0 radical (unpaired) electrons. The van der Waals surface area contributed by atoms with Crippen LogP contribution in [0.5, 0.6) is 0 Å². The fourth-order valence-corrected chi connectivity index (χ4v) is 4.05. The van der Waals surface area contributed by atoms with E-state index in [-0.39, 0.29) is 12.6 Å². The second-order valence-corrected chi connectivity index (χ2v) is 7.17. The molecule has 3 aromatic carbocycles. The van der Waals surface area contributed by atoms with Gasteiger partial charge in [-0.3, -0.25) is 0 Å². The molecule has 29 heavy (non-hydrogen) atoms. The lowest BCUT2D eigenvalue weighted by molar-refractivity contribution is 0.262. The average molecular weight is 383 g/mol. The maximum Gasteiger partial charge on any atom is 0.121 e. The number of aliphatic hydroxyl groups excluding tert-OH is 1. The second kappa shape index (κ2) is 8.43. The molecular formula is C25H25N3O. The van der Waals surface area contributed by atoms with Gasteiger partial charge >= 0.3 is 0 Å². The van der Waals surface area contributed by atoms with Crippen molar-refractivity contribution in [2.45, 2.75) is 18.0 Å². The topological polar surface area (TPSA) is 64.1 Å². The number of rotatable bonds is 7. The highest BCUT2D eigenvalue weighted by molar-refractivity contribution is 5.51. The summed E-state index contributed by atoms with van der Waals surface area (Å²) in [5.41, 5.74) is 8.88. The maximum absolute atomic E-state index is 9.52. The molecule has 4 rings (SSSR count). The second-order valence-electron chi connectivity index (χ2n) is 7.17. The molecule has 1 heterocycles. The molecule has 0 saturated carbocycles. The first-order chi connectivity index (χ1) is 14.3. The number of benzene rings is 3. The molecule has 4 nitrogen and oxygen atoms in total. The van der Waals surface area contributed by atoms with E-state index in [0.717, 1.165) is 22.5 Å². The zero-order chi connectivity index (χ0) is 20.1. The van der Waals surface area contributed by atoms with Crippen LogP contribution < -0.4 is 5.73 Å². The van der Waals surface area contributed by atoms with Crippen LogP contribution in [0.15, 0.2) is 103 Å². The summed E-state index contributed by atoms with van der Waals surface area (Å²) in [6.07, 6.45) is 4.30. The van der Waals surface area contributed by atoms with E-state index in [1.54, 1.807) is 0 Å². The SMILES string of the molecule is NC(CO)Cc1nccn1C(c1ccccc1)(c1ccccc1)c1ccccc1. The van der Waals surface area contributed by atoms with Crippen LogP contribution in [0.3, 0.4) is 0 Å². The number of imidazole rings is 1. The van der Waals surface area contributed by atoms with Crippen LogP contribution in [0, 0.1) is 0 Å². The van der Waals surface area contributed by atoms with Crippen molar-refractivity contribution in [2.24, 2.45) is 5.73 Å². The summed E-state index contributed by atoms with van der Waals surface area (Å²) in [6, 6.07) is 31.0. The Hall–Kier alpha value is -3.21. The van der Waals surface area contributed by atoms with Gasteiger partial charge < -0.3 is 15.4 Å². The minimum Gasteiger partial charge on any atom is -0.395 e. The monoisotopic (exact) mass is 383 g/mol. The Balaban J connectivity index is 2.06. The summed E-state index contributed by atoms with van der Waals surface area (Å²) in [6.45, 7) is -0.0815. The molecule has 0 fully saturated rings. The molecule has 0 aliphatic carbocycles. The third-order valence-electron chi connectivity index (χ3n) is 5.33. The average Bonchev–Trinajstić information content (AvgIpc) is 3.25. The number of aliphatic hydroxyl groups is 1. The first-order valence-corrected chi connectivity index (χ1v) is 9.82. The molecular weight excluding hydrogens is 358 g/mol. The number of nitrogens with two attached hydrogens (primary N) is 1. The van der Waals surface area contributed by atoms with Crippen LogP contribution in [0.1, 0.15) is 22.5 Å². The van der Waals surface area contributed by atoms with E-state index in [1.807, 2.05) is 30.6 Å². The van der Waals surface area contributed by atoms with E-state index in [0.29, 0.717) is 6.42 Å². The zero-order valence-corrected chi connectivity index (χ0v) is 16.2. The van der Waals surface area contributed by atoms with Gasteiger partial charge in [0.05, 0.1) is 6.61 Å². The van der Waals surface area contributed by atoms with Gasteiger partial charge in [-0.1, -0.05) is 91.0 Å². The minimum atomic E-state index is -0.606.